The van der Waals surface area contributed by atoms with Crippen molar-refractivity contribution in [2.45, 2.75) is 0 Å². The molecule has 1 aromatic carbocycles. The molecule has 0 aliphatic heterocycles. The molecular formula is C11H6Cl3N3O. The number of nitrogens with one attached hydrogen (secondary N) is 1. The highest BCUT2D eigenvalue weighted by Crippen LogP contribution is 2.26. The summed E-state index contributed by atoms with van der Waals surface area (Å²) >= 11 is 17.4. The van der Waals surface area contributed by atoms with E-state index in [0.29, 0.717) is 10.6 Å². The van der Waals surface area contributed by atoms with Gasteiger partial charge in [-0.2, -0.15) is 0 Å². The van der Waals surface area contributed by atoms with Gasteiger partial charge in [0.25, 0.3) is 5.91 Å². The zero-order valence-electron chi connectivity index (χ0n) is 8.82. The second kappa shape index (κ2) is 5.52. The molecule has 2 rings (SSSR count). The van der Waals surface area contributed by atoms with E-state index in [1.807, 2.05) is 0 Å². The third-order valence-electron chi connectivity index (χ3n) is 2.10. The molecule has 0 saturated carbocycles. The van der Waals surface area contributed by atoms with Crippen molar-refractivity contribution < 1.29 is 4.79 Å². The number of anilines is 1. The van der Waals surface area contributed by atoms with Gasteiger partial charge in [0.15, 0.2) is 10.3 Å². The molecule has 0 bridgehead atoms. The SMILES string of the molecule is O=C(Nc1c(Cl)ncnc1Cl)c1ccc(Cl)cc1. The number of amides is 1. The molecule has 1 amide bonds. The van der Waals surface area contributed by atoms with Gasteiger partial charge in [-0.15, -0.1) is 0 Å². The Labute approximate surface area is 118 Å². The minimum atomic E-state index is -0.370. The smallest absolute Gasteiger partial charge is 0.255 e. The molecule has 0 atom stereocenters. The summed E-state index contributed by atoms with van der Waals surface area (Å²) in [4.78, 5) is 19.4. The van der Waals surface area contributed by atoms with Gasteiger partial charge in [0.2, 0.25) is 0 Å². The van der Waals surface area contributed by atoms with Crippen LogP contribution >= 0.6 is 34.8 Å². The number of hydrogen-bond donors (Lipinski definition) is 1. The van der Waals surface area contributed by atoms with Gasteiger partial charge < -0.3 is 5.32 Å². The molecule has 0 aliphatic rings. The minimum Gasteiger partial charge on any atom is -0.317 e. The fourth-order valence-electron chi connectivity index (χ4n) is 1.23. The number of carbonyl (C=O) groups excluding carboxylic acids is 1. The summed E-state index contributed by atoms with van der Waals surface area (Å²) < 4.78 is 0. The second-order valence-electron chi connectivity index (χ2n) is 3.29. The fraction of sp³-hybridized carbons (Fsp3) is 0. The van der Waals surface area contributed by atoms with Crippen molar-refractivity contribution in [1.29, 1.82) is 0 Å². The molecule has 0 unspecified atom stereocenters. The molecule has 1 aromatic heterocycles. The van der Waals surface area contributed by atoms with Crippen LogP contribution in [0, 0.1) is 0 Å². The van der Waals surface area contributed by atoms with E-state index in [1.165, 1.54) is 6.33 Å². The minimum absolute atomic E-state index is 0.0808. The van der Waals surface area contributed by atoms with Crippen molar-refractivity contribution in [2.24, 2.45) is 0 Å². The van der Waals surface area contributed by atoms with E-state index >= 15 is 0 Å². The van der Waals surface area contributed by atoms with Crippen LogP contribution in [0.1, 0.15) is 10.4 Å². The first-order valence-corrected chi connectivity index (χ1v) is 5.94. The Morgan fingerprint density at radius 2 is 1.56 bits per heavy atom. The summed E-state index contributed by atoms with van der Waals surface area (Å²) in [6.45, 7) is 0. The topological polar surface area (TPSA) is 54.9 Å². The Bertz CT molecular complexity index is 566. The van der Waals surface area contributed by atoms with Crippen LogP contribution in [0.15, 0.2) is 30.6 Å². The highest BCUT2D eigenvalue weighted by Gasteiger charge is 2.13. The van der Waals surface area contributed by atoms with Crippen molar-refractivity contribution in [1.82, 2.24) is 9.97 Å². The molecule has 7 heteroatoms. The number of halogens is 3. The lowest BCUT2D eigenvalue weighted by Crippen LogP contribution is -2.13. The maximum atomic E-state index is 11.9. The summed E-state index contributed by atoms with van der Waals surface area (Å²) in [6, 6.07) is 6.40. The number of benzene rings is 1. The normalized spacial score (nSPS) is 10.2. The number of hydrogen-bond acceptors (Lipinski definition) is 3. The molecular weight excluding hydrogens is 296 g/mol. The lowest BCUT2D eigenvalue weighted by molar-refractivity contribution is 0.102. The van der Waals surface area contributed by atoms with E-state index in [-0.39, 0.29) is 21.9 Å². The van der Waals surface area contributed by atoms with Gasteiger partial charge in [-0.1, -0.05) is 34.8 Å². The van der Waals surface area contributed by atoms with E-state index in [2.05, 4.69) is 15.3 Å². The summed E-state index contributed by atoms with van der Waals surface area (Å²) in [5.74, 6) is -0.370. The number of carbonyl (C=O) groups is 1. The van der Waals surface area contributed by atoms with Crippen LogP contribution in [0.2, 0.25) is 15.3 Å². The van der Waals surface area contributed by atoms with E-state index in [1.54, 1.807) is 24.3 Å². The Hall–Kier alpha value is -1.36. The summed E-state index contributed by atoms with van der Waals surface area (Å²) in [5.41, 5.74) is 0.608. The van der Waals surface area contributed by atoms with Crippen LogP contribution in [-0.4, -0.2) is 15.9 Å². The van der Waals surface area contributed by atoms with Gasteiger partial charge in [-0.25, -0.2) is 9.97 Å². The molecule has 92 valence electrons. The van der Waals surface area contributed by atoms with Crippen LogP contribution in [0.25, 0.3) is 0 Å². The third-order valence-corrected chi connectivity index (χ3v) is 2.92. The third kappa shape index (κ3) is 2.90. The Morgan fingerprint density at radius 3 is 2.11 bits per heavy atom. The van der Waals surface area contributed by atoms with Crippen molar-refractivity contribution in [3.63, 3.8) is 0 Å². The van der Waals surface area contributed by atoms with Crippen LogP contribution in [0.4, 0.5) is 5.69 Å². The van der Waals surface area contributed by atoms with Crippen molar-refractivity contribution in [2.75, 3.05) is 5.32 Å². The Kier molecular flexibility index (Phi) is 4.01. The standard InChI is InChI=1S/C11H6Cl3N3O/c12-7-3-1-6(2-4-7)11(18)17-8-9(13)15-5-16-10(8)14/h1-5H,(H,17,18). The molecule has 0 spiro atoms. The molecule has 0 radical (unpaired) electrons. The number of nitrogens with zero attached hydrogens (tertiary/aromatic N) is 2. The van der Waals surface area contributed by atoms with Gasteiger partial charge >= 0.3 is 0 Å². The monoisotopic (exact) mass is 301 g/mol. The van der Waals surface area contributed by atoms with Gasteiger partial charge in [0, 0.05) is 10.6 Å². The zero-order valence-corrected chi connectivity index (χ0v) is 11.1. The van der Waals surface area contributed by atoms with Crippen LogP contribution < -0.4 is 5.32 Å². The first-order chi connectivity index (χ1) is 8.58. The average molecular weight is 303 g/mol. The number of aromatic nitrogens is 2. The highest BCUT2D eigenvalue weighted by molar-refractivity contribution is 6.38. The van der Waals surface area contributed by atoms with Gasteiger partial charge in [0.05, 0.1) is 0 Å². The van der Waals surface area contributed by atoms with Gasteiger partial charge in [0.1, 0.15) is 12.0 Å². The second-order valence-corrected chi connectivity index (χ2v) is 4.44. The van der Waals surface area contributed by atoms with Crippen LogP contribution in [-0.2, 0) is 0 Å². The Morgan fingerprint density at radius 1 is 1.00 bits per heavy atom. The lowest BCUT2D eigenvalue weighted by Gasteiger charge is -2.07. The quantitative estimate of drug-likeness (QED) is 0.861. The summed E-state index contributed by atoms with van der Waals surface area (Å²) in [6.07, 6.45) is 1.21. The highest BCUT2D eigenvalue weighted by atomic mass is 35.5. The maximum Gasteiger partial charge on any atom is 0.255 e. The Balaban J connectivity index is 2.24. The largest absolute Gasteiger partial charge is 0.317 e. The van der Waals surface area contributed by atoms with Crippen molar-refractivity contribution in [3.05, 3.63) is 51.5 Å². The maximum absolute atomic E-state index is 11.9. The predicted molar refractivity (Wildman–Crippen MR) is 71.5 cm³/mol. The van der Waals surface area contributed by atoms with E-state index in [9.17, 15) is 4.79 Å². The predicted octanol–water partition coefficient (Wildman–Crippen LogP) is 3.69. The van der Waals surface area contributed by atoms with Gasteiger partial charge in [-0.3, -0.25) is 4.79 Å². The van der Waals surface area contributed by atoms with E-state index in [0.717, 1.165) is 0 Å². The average Bonchev–Trinajstić information content (AvgIpc) is 2.34. The van der Waals surface area contributed by atoms with Crippen molar-refractivity contribution in [3.8, 4) is 0 Å². The number of rotatable bonds is 2. The van der Waals surface area contributed by atoms with Gasteiger partial charge in [-0.05, 0) is 24.3 Å². The first-order valence-electron chi connectivity index (χ1n) is 4.81. The molecule has 0 aliphatic carbocycles. The van der Waals surface area contributed by atoms with Crippen LogP contribution in [0.3, 0.4) is 0 Å². The van der Waals surface area contributed by atoms with Crippen molar-refractivity contribution >= 4 is 46.4 Å². The summed E-state index contributed by atoms with van der Waals surface area (Å²) in [7, 11) is 0. The molecule has 1 heterocycles. The molecule has 2 aromatic rings. The lowest BCUT2D eigenvalue weighted by atomic mass is 10.2. The molecule has 0 fully saturated rings. The zero-order chi connectivity index (χ0) is 13.1. The molecule has 18 heavy (non-hydrogen) atoms. The molecule has 1 N–H and O–H groups in total. The molecule has 4 nitrogen and oxygen atoms in total. The van der Waals surface area contributed by atoms with E-state index in [4.69, 9.17) is 34.8 Å². The van der Waals surface area contributed by atoms with E-state index < -0.39 is 0 Å². The summed E-state index contributed by atoms with van der Waals surface area (Å²) in [5, 5.41) is 3.25. The molecule has 0 saturated heterocycles. The fourth-order valence-corrected chi connectivity index (χ4v) is 1.77. The first kappa shape index (κ1) is 13.1. The van der Waals surface area contributed by atoms with Crippen LogP contribution in [0.5, 0.6) is 0 Å².